The molecule has 0 saturated heterocycles. The van der Waals surface area contributed by atoms with Crippen molar-refractivity contribution < 1.29 is 9.18 Å². The van der Waals surface area contributed by atoms with E-state index in [0.29, 0.717) is 29.5 Å². The first kappa shape index (κ1) is 20.3. The summed E-state index contributed by atoms with van der Waals surface area (Å²) in [7, 11) is 0. The fourth-order valence-electron chi connectivity index (χ4n) is 2.77. The van der Waals surface area contributed by atoms with Crippen LogP contribution in [0, 0.1) is 24.1 Å². The number of nitriles is 1. The number of halogens is 2. The molecule has 0 radical (unpaired) electrons. The van der Waals surface area contributed by atoms with Crippen molar-refractivity contribution in [2.24, 2.45) is 0 Å². The second-order valence-corrected chi connectivity index (χ2v) is 6.77. The van der Waals surface area contributed by atoms with Crippen LogP contribution in [0.4, 0.5) is 4.39 Å². The quantitative estimate of drug-likeness (QED) is 0.489. The number of carbonyl (C=O) groups excluding carboxylic acids is 1. The Morgan fingerprint density at radius 3 is 2.55 bits per heavy atom. The number of benzene rings is 2. The minimum Gasteiger partial charge on any atom is -0.347 e. The second kappa shape index (κ2) is 9.18. The van der Waals surface area contributed by atoms with Crippen LogP contribution in [-0.4, -0.2) is 15.7 Å². The van der Waals surface area contributed by atoms with Gasteiger partial charge in [-0.3, -0.25) is 4.79 Å². The van der Waals surface area contributed by atoms with Gasteiger partial charge in [0.25, 0.3) is 5.91 Å². The molecule has 0 aliphatic carbocycles. The van der Waals surface area contributed by atoms with E-state index in [4.69, 9.17) is 11.6 Å². The molecule has 5 nitrogen and oxygen atoms in total. The Labute approximate surface area is 173 Å². The van der Waals surface area contributed by atoms with Crippen molar-refractivity contribution in [1.82, 2.24) is 15.1 Å². The summed E-state index contributed by atoms with van der Waals surface area (Å²) in [6.07, 6.45) is 1.44. The van der Waals surface area contributed by atoms with Crippen molar-refractivity contribution in [3.05, 3.63) is 93.5 Å². The van der Waals surface area contributed by atoms with E-state index >= 15 is 0 Å². The number of aromatic nitrogens is 2. The Morgan fingerprint density at radius 2 is 1.90 bits per heavy atom. The number of amides is 1. The van der Waals surface area contributed by atoms with Crippen LogP contribution < -0.4 is 5.32 Å². The molecule has 1 N–H and O–H groups in total. The molecule has 0 atom stereocenters. The summed E-state index contributed by atoms with van der Waals surface area (Å²) in [5.74, 6) is -0.807. The monoisotopic (exact) mass is 408 g/mol. The molecule has 3 aromatic rings. The number of aryl methyl sites for hydroxylation is 1. The number of carbonyl (C=O) groups is 1. The maximum absolute atomic E-state index is 13.1. The first-order valence-corrected chi connectivity index (χ1v) is 9.27. The van der Waals surface area contributed by atoms with Gasteiger partial charge in [0.15, 0.2) is 0 Å². The topological polar surface area (TPSA) is 70.7 Å². The lowest BCUT2D eigenvalue weighted by atomic mass is 10.1. The van der Waals surface area contributed by atoms with Crippen molar-refractivity contribution in [2.45, 2.75) is 20.0 Å². The van der Waals surface area contributed by atoms with Crippen molar-refractivity contribution in [3.8, 4) is 6.07 Å². The molecule has 29 heavy (non-hydrogen) atoms. The highest BCUT2D eigenvalue weighted by Gasteiger charge is 2.16. The summed E-state index contributed by atoms with van der Waals surface area (Å²) >= 11 is 6.43. The average molecular weight is 409 g/mol. The third kappa shape index (κ3) is 5.09. The smallest absolute Gasteiger partial charge is 0.262 e. The lowest BCUT2D eigenvalue weighted by molar-refractivity contribution is -0.117. The third-order valence-electron chi connectivity index (χ3n) is 4.30. The molecule has 0 spiro atoms. The molecule has 1 heterocycles. The van der Waals surface area contributed by atoms with Gasteiger partial charge >= 0.3 is 0 Å². The summed E-state index contributed by atoms with van der Waals surface area (Å²) < 4.78 is 14.6. The van der Waals surface area contributed by atoms with Gasteiger partial charge in [-0.25, -0.2) is 9.07 Å². The molecular weight excluding hydrogens is 391 g/mol. The van der Waals surface area contributed by atoms with Gasteiger partial charge in [0.2, 0.25) is 0 Å². The first-order valence-electron chi connectivity index (χ1n) is 8.89. The Kier molecular flexibility index (Phi) is 6.43. The molecular formula is C22H18ClFN4O. The zero-order chi connectivity index (χ0) is 20.8. The van der Waals surface area contributed by atoms with E-state index in [1.54, 1.807) is 23.7 Å². The zero-order valence-electron chi connectivity index (χ0n) is 15.7. The molecule has 0 aliphatic rings. The number of hydrogen-bond acceptors (Lipinski definition) is 3. The summed E-state index contributed by atoms with van der Waals surface area (Å²) in [5, 5.41) is 16.8. The van der Waals surface area contributed by atoms with Crippen molar-refractivity contribution in [3.63, 3.8) is 0 Å². The number of nitrogens with zero attached hydrogens (tertiary/aromatic N) is 3. The summed E-state index contributed by atoms with van der Waals surface area (Å²) in [6, 6.07) is 17.4. The van der Waals surface area contributed by atoms with Gasteiger partial charge in [-0.05, 0) is 36.3 Å². The molecule has 0 aliphatic heterocycles. The van der Waals surface area contributed by atoms with Crippen LogP contribution >= 0.6 is 11.6 Å². The summed E-state index contributed by atoms with van der Waals surface area (Å²) in [6.45, 7) is 2.40. The molecule has 7 heteroatoms. The molecule has 146 valence electrons. The maximum atomic E-state index is 13.1. The van der Waals surface area contributed by atoms with E-state index in [1.807, 2.05) is 36.4 Å². The molecule has 2 aromatic carbocycles. The highest BCUT2D eigenvalue weighted by molar-refractivity contribution is 6.31. The van der Waals surface area contributed by atoms with Gasteiger partial charge in [0.1, 0.15) is 22.6 Å². The maximum Gasteiger partial charge on any atom is 0.262 e. The predicted molar refractivity (Wildman–Crippen MR) is 109 cm³/mol. The molecule has 0 saturated carbocycles. The largest absolute Gasteiger partial charge is 0.347 e. The van der Waals surface area contributed by atoms with Crippen LogP contribution in [-0.2, 0) is 17.9 Å². The fourth-order valence-corrected chi connectivity index (χ4v) is 3.05. The van der Waals surface area contributed by atoms with Gasteiger partial charge in [0.05, 0.1) is 12.2 Å². The average Bonchev–Trinajstić information content (AvgIpc) is 2.99. The van der Waals surface area contributed by atoms with E-state index in [9.17, 15) is 14.4 Å². The van der Waals surface area contributed by atoms with E-state index in [2.05, 4.69) is 10.4 Å². The molecule has 1 amide bonds. The fraction of sp³-hybridized carbons (Fsp3) is 0.136. The normalized spacial score (nSPS) is 11.2. The Bertz CT molecular complexity index is 1080. The number of rotatable bonds is 6. The van der Waals surface area contributed by atoms with Crippen molar-refractivity contribution in [1.29, 1.82) is 5.26 Å². The van der Waals surface area contributed by atoms with E-state index < -0.39 is 5.91 Å². The van der Waals surface area contributed by atoms with Crippen LogP contribution in [0.15, 0.2) is 60.2 Å². The summed E-state index contributed by atoms with van der Waals surface area (Å²) in [5.41, 5.74) is 2.78. The predicted octanol–water partition coefficient (Wildman–Crippen LogP) is 4.26. The Balaban J connectivity index is 1.78. The van der Waals surface area contributed by atoms with Gasteiger partial charge in [0, 0.05) is 12.1 Å². The van der Waals surface area contributed by atoms with Crippen LogP contribution in [0.5, 0.6) is 0 Å². The molecule has 3 rings (SSSR count). The Morgan fingerprint density at radius 1 is 1.21 bits per heavy atom. The standard InChI is InChI=1S/C22H18ClFN4O/c1-15-20(21(23)28(27-15)14-17-7-9-19(24)10-8-17)11-18(12-25)22(29)26-13-16-5-3-2-4-6-16/h2-11H,13-14H2,1H3,(H,26,29)/b18-11+. The minimum absolute atomic E-state index is 0.0627. The number of nitrogens with one attached hydrogen (secondary N) is 1. The lowest BCUT2D eigenvalue weighted by Gasteiger charge is -2.05. The second-order valence-electron chi connectivity index (χ2n) is 6.41. The van der Waals surface area contributed by atoms with Crippen LogP contribution in [0.3, 0.4) is 0 Å². The van der Waals surface area contributed by atoms with Gasteiger partial charge < -0.3 is 5.32 Å². The highest BCUT2D eigenvalue weighted by Crippen LogP contribution is 2.23. The van der Waals surface area contributed by atoms with E-state index in [-0.39, 0.29) is 11.4 Å². The summed E-state index contributed by atoms with van der Waals surface area (Å²) in [4.78, 5) is 12.4. The van der Waals surface area contributed by atoms with Gasteiger partial charge in [-0.1, -0.05) is 54.1 Å². The molecule has 0 bridgehead atoms. The minimum atomic E-state index is -0.488. The zero-order valence-corrected chi connectivity index (χ0v) is 16.4. The highest BCUT2D eigenvalue weighted by atomic mass is 35.5. The third-order valence-corrected chi connectivity index (χ3v) is 4.70. The first-order chi connectivity index (χ1) is 14.0. The molecule has 1 aromatic heterocycles. The van der Waals surface area contributed by atoms with Crippen LogP contribution in [0.25, 0.3) is 6.08 Å². The van der Waals surface area contributed by atoms with Crippen molar-refractivity contribution in [2.75, 3.05) is 0 Å². The Hall–Kier alpha value is -3.43. The van der Waals surface area contributed by atoms with Crippen LogP contribution in [0.1, 0.15) is 22.4 Å². The van der Waals surface area contributed by atoms with Crippen molar-refractivity contribution >= 4 is 23.6 Å². The molecule has 0 unspecified atom stereocenters. The SMILES string of the molecule is Cc1nn(Cc2ccc(F)cc2)c(Cl)c1/C=C(\C#N)C(=O)NCc1ccccc1. The lowest BCUT2D eigenvalue weighted by Crippen LogP contribution is -2.23. The van der Waals surface area contributed by atoms with E-state index in [0.717, 1.165) is 11.1 Å². The van der Waals surface area contributed by atoms with Gasteiger partial charge in [-0.2, -0.15) is 10.4 Å². The van der Waals surface area contributed by atoms with E-state index in [1.165, 1.54) is 18.2 Å². The van der Waals surface area contributed by atoms with Crippen LogP contribution in [0.2, 0.25) is 5.15 Å². The van der Waals surface area contributed by atoms with Gasteiger partial charge in [-0.15, -0.1) is 0 Å². The number of hydrogen-bond donors (Lipinski definition) is 1. The molecule has 0 fully saturated rings.